The molecule has 0 aliphatic heterocycles. The van der Waals surface area contributed by atoms with Crippen LogP contribution in [0.25, 0.3) is 0 Å². The molecule has 0 saturated heterocycles. The van der Waals surface area contributed by atoms with Crippen molar-refractivity contribution in [2.75, 3.05) is 13.2 Å². The van der Waals surface area contributed by atoms with Crippen molar-refractivity contribution in [2.45, 2.75) is 64.0 Å². The van der Waals surface area contributed by atoms with E-state index in [0.717, 1.165) is 25.7 Å². The fraction of sp³-hybridized carbons (Fsp3) is 0.857. The molecule has 0 aromatic rings. The molecule has 1 atom stereocenters. The van der Waals surface area contributed by atoms with Gasteiger partial charge in [-0.15, -0.1) is 0 Å². The predicted molar refractivity (Wildman–Crippen MR) is 82.0 cm³/mol. The smallest absolute Gasteiger partial charge is 1.00 e. The summed E-state index contributed by atoms with van der Waals surface area (Å²) in [5.41, 5.74) is 0. The van der Waals surface area contributed by atoms with E-state index in [2.05, 4.69) is 0 Å². The molecule has 0 aliphatic carbocycles. The van der Waals surface area contributed by atoms with Gasteiger partial charge in [-0.2, -0.15) is 8.42 Å². The third kappa shape index (κ3) is 13.5. The van der Waals surface area contributed by atoms with Crippen molar-refractivity contribution in [3.8, 4) is 0 Å². The second-order valence-electron chi connectivity index (χ2n) is 5.01. The van der Waals surface area contributed by atoms with Gasteiger partial charge >= 0.3 is 63.3 Å². The molecule has 0 fully saturated rings. The third-order valence-corrected chi connectivity index (χ3v) is 4.06. The van der Waals surface area contributed by atoms with E-state index >= 15 is 0 Å². The standard InChI is InChI=1S/C14H26O7S.K.H/c1-3-5-7-9-20-13(15)11-12(22(17,18)19)14(16)21-10-8-6-4-2;;/h12H,3-11H2,1-2H3,(H,17,18,19);;/q;+1;-1. The van der Waals surface area contributed by atoms with Gasteiger partial charge in [0.1, 0.15) is 0 Å². The van der Waals surface area contributed by atoms with Gasteiger partial charge in [0, 0.05) is 0 Å². The minimum atomic E-state index is -4.71. The van der Waals surface area contributed by atoms with Gasteiger partial charge in [0.25, 0.3) is 10.1 Å². The number of unbranched alkanes of at least 4 members (excludes halogenated alkanes) is 4. The molecule has 0 amide bonds. The zero-order valence-electron chi connectivity index (χ0n) is 15.2. The second kappa shape index (κ2) is 14.8. The first-order valence-electron chi connectivity index (χ1n) is 7.61. The average molecular weight is 379 g/mol. The fourth-order valence-electron chi connectivity index (χ4n) is 1.68. The first kappa shape index (κ1) is 25.7. The van der Waals surface area contributed by atoms with Crippen molar-refractivity contribution in [3.63, 3.8) is 0 Å². The molecule has 0 radical (unpaired) electrons. The van der Waals surface area contributed by atoms with E-state index in [1.165, 1.54) is 0 Å². The summed E-state index contributed by atoms with van der Waals surface area (Å²) in [6.07, 6.45) is 4.12. The summed E-state index contributed by atoms with van der Waals surface area (Å²) >= 11 is 0. The van der Waals surface area contributed by atoms with Gasteiger partial charge in [0.05, 0.1) is 19.6 Å². The van der Waals surface area contributed by atoms with Crippen LogP contribution in [-0.2, 0) is 29.2 Å². The summed E-state index contributed by atoms with van der Waals surface area (Å²) < 4.78 is 41.1. The average Bonchev–Trinajstić information content (AvgIpc) is 2.44. The van der Waals surface area contributed by atoms with Gasteiger partial charge in [-0.25, -0.2) is 0 Å². The van der Waals surface area contributed by atoms with Gasteiger partial charge in [-0.3, -0.25) is 14.1 Å². The SMILES string of the molecule is CCCCCOC(=O)CC(C(=O)OCCCCC)S(=O)(=O)O.[H-].[K+]. The summed E-state index contributed by atoms with van der Waals surface area (Å²) in [5, 5.41) is -1.92. The van der Waals surface area contributed by atoms with Crippen molar-refractivity contribution in [1.29, 1.82) is 0 Å². The fourth-order valence-corrected chi connectivity index (χ4v) is 2.33. The monoisotopic (exact) mass is 378 g/mol. The van der Waals surface area contributed by atoms with E-state index in [0.29, 0.717) is 12.8 Å². The van der Waals surface area contributed by atoms with Crippen molar-refractivity contribution in [3.05, 3.63) is 0 Å². The Kier molecular flexibility index (Phi) is 16.6. The maximum absolute atomic E-state index is 11.7. The first-order chi connectivity index (χ1) is 10.3. The van der Waals surface area contributed by atoms with Crippen LogP contribution in [0.4, 0.5) is 0 Å². The number of carbonyl (C=O) groups excluding carboxylic acids is 2. The van der Waals surface area contributed by atoms with E-state index in [9.17, 15) is 18.0 Å². The summed E-state index contributed by atoms with van der Waals surface area (Å²) in [4.78, 5) is 23.2. The van der Waals surface area contributed by atoms with E-state index < -0.39 is 33.7 Å². The molecule has 1 unspecified atom stereocenters. The summed E-state index contributed by atoms with van der Waals surface area (Å²) in [6.45, 7) is 4.18. The van der Waals surface area contributed by atoms with Crippen LogP contribution in [0.15, 0.2) is 0 Å². The number of hydrogen-bond donors (Lipinski definition) is 1. The number of hydrogen-bond acceptors (Lipinski definition) is 6. The molecule has 0 spiro atoms. The molecule has 0 aromatic carbocycles. The topological polar surface area (TPSA) is 107 Å². The Morgan fingerprint density at radius 3 is 1.91 bits per heavy atom. The maximum Gasteiger partial charge on any atom is 1.00 e. The maximum atomic E-state index is 11.7. The van der Waals surface area contributed by atoms with Crippen LogP contribution in [0.3, 0.4) is 0 Å². The van der Waals surface area contributed by atoms with Crippen molar-refractivity contribution in [1.82, 2.24) is 0 Å². The normalized spacial score (nSPS) is 12.1. The molecule has 0 bridgehead atoms. The molecular formula is C14H27KO7S. The Balaban J connectivity index is -0.00000220. The van der Waals surface area contributed by atoms with Crippen molar-refractivity contribution >= 4 is 22.1 Å². The van der Waals surface area contributed by atoms with Crippen LogP contribution in [0.2, 0.25) is 0 Å². The quantitative estimate of drug-likeness (QED) is 0.205. The van der Waals surface area contributed by atoms with Crippen LogP contribution in [0.1, 0.15) is 60.2 Å². The summed E-state index contributed by atoms with van der Waals surface area (Å²) in [5.74, 6) is -1.96. The zero-order valence-corrected chi connectivity index (χ0v) is 18.2. The molecule has 0 heterocycles. The van der Waals surface area contributed by atoms with Gasteiger partial charge in [0.15, 0.2) is 5.25 Å². The van der Waals surface area contributed by atoms with Crippen molar-refractivity contribution < 1.29 is 84.8 Å². The zero-order chi connectivity index (χ0) is 17.0. The minimum absolute atomic E-state index is 0. The molecule has 23 heavy (non-hydrogen) atoms. The van der Waals surface area contributed by atoms with Crippen molar-refractivity contribution in [2.24, 2.45) is 0 Å². The molecule has 9 heteroatoms. The minimum Gasteiger partial charge on any atom is -1.00 e. The Morgan fingerprint density at radius 2 is 1.48 bits per heavy atom. The molecule has 0 aliphatic rings. The van der Waals surface area contributed by atoms with E-state index in [1.54, 1.807) is 0 Å². The molecule has 132 valence electrons. The van der Waals surface area contributed by atoms with E-state index in [1.807, 2.05) is 13.8 Å². The first-order valence-corrected chi connectivity index (χ1v) is 9.11. The van der Waals surface area contributed by atoms with E-state index in [-0.39, 0.29) is 66.0 Å². The van der Waals surface area contributed by atoms with Gasteiger partial charge in [-0.1, -0.05) is 39.5 Å². The Labute approximate surface area is 182 Å². The van der Waals surface area contributed by atoms with Crippen LogP contribution in [0.5, 0.6) is 0 Å². The van der Waals surface area contributed by atoms with Crippen LogP contribution >= 0.6 is 0 Å². The number of carbonyl (C=O) groups is 2. The van der Waals surface area contributed by atoms with Gasteiger partial charge in [-0.05, 0) is 12.8 Å². The Hall–Kier alpha value is 0.486. The largest absolute Gasteiger partial charge is 1.00 e. The molecule has 0 aromatic heterocycles. The van der Waals surface area contributed by atoms with Crippen LogP contribution < -0.4 is 51.4 Å². The van der Waals surface area contributed by atoms with Crippen LogP contribution in [0, 0.1) is 0 Å². The number of rotatable bonds is 12. The summed E-state index contributed by atoms with van der Waals surface area (Å²) in [7, 11) is -4.71. The molecule has 0 saturated carbocycles. The Bertz CT molecular complexity index is 442. The predicted octanol–water partition coefficient (Wildman–Crippen LogP) is -0.784. The third-order valence-electron chi connectivity index (χ3n) is 2.98. The molecular weight excluding hydrogens is 351 g/mol. The molecule has 7 nitrogen and oxygen atoms in total. The number of ether oxygens (including phenoxy) is 2. The van der Waals surface area contributed by atoms with Crippen LogP contribution in [-0.4, -0.2) is 43.4 Å². The van der Waals surface area contributed by atoms with E-state index in [4.69, 9.17) is 14.0 Å². The Morgan fingerprint density at radius 1 is 1.00 bits per heavy atom. The second-order valence-corrected chi connectivity index (χ2v) is 6.61. The van der Waals surface area contributed by atoms with Gasteiger partial charge in [0.2, 0.25) is 0 Å². The molecule has 1 N–H and O–H groups in total. The van der Waals surface area contributed by atoms with Gasteiger partial charge < -0.3 is 10.9 Å². The molecule has 0 rings (SSSR count). The number of esters is 2. The summed E-state index contributed by atoms with van der Waals surface area (Å²) in [6, 6.07) is 0.